The lowest BCUT2D eigenvalue weighted by molar-refractivity contribution is 0.457. The van der Waals surface area contributed by atoms with Gasteiger partial charge in [-0.3, -0.25) is 0 Å². The Kier molecular flexibility index (Phi) is 4.23. The Morgan fingerprint density at radius 1 is 1.25 bits per heavy atom. The quantitative estimate of drug-likeness (QED) is 0.877. The van der Waals surface area contributed by atoms with Crippen molar-refractivity contribution in [1.82, 2.24) is 9.62 Å². The molecular weight excluding hydrogens is 272 g/mol. The molecule has 112 valence electrons. The number of hydrogen-bond acceptors (Lipinski definition) is 3. The molecule has 0 radical (unpaired) electrons. The summed E-state index contributed by atoms with van der Waals surface area (Å²) in [6.45, 7) is 5.42. The van der Waals surface area contributed by atoms with E-state index in [1.807, 2.05) is 12.1 Å². The predicted octanol–water partition coefficient (Wildman–Crippen LogP) is 2.39. The monoisotopic (exact) mass is 296 g/mol. The topological polar surface area (TPSA) is 49.4 Å². The molecular formula is C15H24N2O2S. The minimum Gasteiger partial charge on any atom is -0.310 e. The molecule has 1 saturated carbocycles. The molecule has 1 aliphatic carbocycles. The molecule has 1 aliphatic rings. The van der Waals surface area contributed by atoms with Crippen LogP contribution in [0, 0.1) is 5.41 Å². The minimum absolute atomic E-state index is 0.239. The van der Waals surface area contributed by atoms with Crippen LogP contribution in [0.4, 0.5) is 0 Å². The van der Waals surface area contributed by atoms with Crippen molar-refractivity contribution in [2.24, 2.45) is 5.41 Å². The van der Waals surface area contributed by atoms with Gasteiger partial charge in [0.15, 0.2) is 0 Å². The van der Waals surface area contributed by atoms with Gasteiger partial charge in [0.1, 0.15) is 0 Å². The third-order valence-corrected chi connectivity index (χ3v) is 5.93. The molecule has 0 aromatic heterocycles. The predicted molar refractivity (Wildman–Crippen MR) is 81.1 cm³/mol. The van der Waals surface area contributed by atoms with Crippen molar-refractivity contribution in [2.45, 2.75) is 37.6 Å². The number of rotatable bonds is 6. The Morgan fingerprint density at radius 2 is 1.80 bits per heavy atom. The summed E-state index contributed by atoms with van der Waals surface area (Å²) in [6.07, 6.45) is 2.60. The summed E-state index contributed by atoms with van der Waals surface area (Å²) in [7, 11) is -0.241. The van der Waals surface area contributed by atoms with E-state index in [9.17, 15) is 8.42 Å². The van der Waals surface area contributed by atoms with E-state index in [4.69, 9.17) is 0 Å². The van der Waals surface area contributed by atoms with E-state index in [-0.39, 0.29) is 6.04 Å². The fraction of sp³-hybridized carbons (Fsp3) is 0.600. The van der Waals surface area contributed by atoms with E-state index in [1.54, 1.807) is 26.2 Å². The minimum atomic E-state index is -3.33. The standard InChI is InChI=1S/C15H24N2O2S/c1-12(16-11-15(2)9-10-15)13-5-7-14(8-6-13)20(18,19)17(3)4/h5-8,12,16H,9-11H2,1-4H3. The van der Waals surface area contributed by atoms with Crippen LogP contribution < -0.4 is 5.32 Å². The molecule has 1 aromatic carbocycles. The first-order valence-electron chi connectivity index (χ1n) is 7.00. The van der Waals surface area contributed by atoms with Gasteiger partial charge < -0.3 is 5.32 Å². The Balaban J connectivity index is 2.04. The Hall–Kier alpha value is -0.910. The number of nitrogens with zero attached hydrogens (tertiary/aromatic N) is 1. The van der Waals surface area contributed by atoms with Gasteiger partial charge >= 0.3 is 0 Å². The average molecular weight is 296 g/mol. The Labute approximate surface area is 122 Å². The highest BCUT2D eigenvalue weighted by Crippen LogP contribution is 2.44. The Bertz CT molecular complexity index is 560. The van der Waals surface area contributed by atoms with Gasteiger partial charge in [-0.2, -0.15) is 0 Å². The van der Waals surface area contributed by atoms with Crippen LogP contribution in [0.1, 0.15) is 38.3 Å². The second kappa shape index (κ2) is 5.47. The summed E-state index contributed by atoms with van der Waals surface area (Å²) >= 11 is 0. The first-order valence-corrected chi connectivity index (χ1v) is 8.44. The summed E-state index contributed by atoms with van der Waals surface area (Å²) in [5, 5.41) is 3.52. The molecule has 4 nitrogen and oxygen atoms in total. The van der Waals surface area contributed by atoms with E-state index in [2.05, 4.69) is 19.2 Å². The number of nitrogens with one attached hydrogen (secondary N) is 1. The van der Waals surface area contributed by atoms with Gasteiger partial charge in [0.2, 0.25) is 10.0 Å². The Morgan fingerprint density at radius 3 is 2.25 bits per heavy atom. The van der Waals surface area contributed by atoms with Crippen LogP contribution in [0.15, 0.2) is 29.2 Å². The van der Waals surface area contributed by atoms with Crippen molar-refractivity contribution < 1.29 is 8.42 Å². The zero-order valence-electron chi connectivity index (χ0n) is 12.7. The van der Waals surface area contributed by atoms with E-state index in [0.29, 0.717) is 10.3 Å². The third kappa shape index (κ3) is 3.40. The summed E-state index contributed by atoms with van der Waals surface area (Å²) in [5.74, 6) is 0. The van der Waals surface area contributed by atoms with Gasteiger partial charge in [0.05, 0.1) is 4.90 Å². The molecule has 1 unspecified atom stereocenters. The van der Waals surface area contributed by atoms with Crippen LogP contribution in [0.25, 0.3) is 0 Å². The normalized spacial score (nSPS) is 19.1. The molecule has 1 N–H and O–H groups in total. The first-order chi connectivity index (χ1) is 9.24. The molecule has 0 saturated heterocycles. The van der Waals surface area contributed by atoms with Gasteiger partial charge in [-0.05, 0) is 42.9 Å². The van der Waals surface area contributed by atoms with Crippen LogP contribution in [0.2, 0.25) is 0 Å². The second-order valence-electron chi connectivity index (χ2n) is 6.27. The summed E-state index contributed by atoms with van der Waals surface area (Å²) < 4.78 is 25.2. The number of hydrogen-bond donors (Lipinski definition) is 1. The van der Waals surface area contributed by atoms with Crippen LogP contribution in [-0.4, -0.2) is 33.4 Å². The molecule has 0 aliphatic heterocycles. The van der Waals surface area contributed by atoms with E-state index >= 15 is 0 Å². The van der Waals surface area contributed by atoms with Gasteiger partial charge in [-0.25, -0.2) is 12.7 Å². The zero-order valence-corrected chi connectivity index (χ0v) is 13.5. The zero-order chi connectivity index (χ0) is 15.0. The largest absolute Gasteiger partial charge is 0.310 e. The number of benzene rings is 1. The molecule has 0 spiro atoms. The summed E-state index contributed by atoms with van der Waals surface area (Å²) in [6, 6.07) is 7.39. The molecule has 2 rings (SSSR count). The molecule has 0 heterocycles. The van der Waals surface area contributed by atoms with Gasteiger partial charge in [0, 0.05) is 26.7 Å². The van der Waals surface area contributed by atoms with Crippen LogP contribution in [0.3, 0.4) is 0 Å². The van der Waals surface area contributed by atoms with Crippen molar-refractivity contribution in [3.63, 3.8) is 0 Å². The first kappa shape index (κ1) is 15.5. The third-order valence-electron chi connectivity index (χ3n) is 4.10. The van der Waals surface area contributed by atoms with E-state index < -0.39 is 10.0 Å². The fourth-order valence-corrected chi connectivity index (χ4v) is 2.95. The van der Waals surface area contributed by atoms with Gasteiger partial charge in [0.25, 0.3) is 0 Å². The lowest BCUT2D eigenvalue weighted by atomic mass is 10.1. The van der Waals surface area contributed by atoms with Gasteiger partial charge in [-0.1, -0.05) is 19.1 Å². The number of sulfonamides is 1. The van der Waals surface area contributed by atoms with Gasteiger partial charge in [-0.15, -0.1) is 0 Å². The van der Waals surface area contributed by atoms with Crippen LogP contribution >= 0.6 is 0 Å². The van der Waals surface area contributed by atoms with E-state index in [0.717, 1.165) is 12.1 Å². The molecule has 1 aromatic rings. The van der Waals surface area contributed by atoms with Crippen molar-refractivity contribution >= 4 is 10.0 Å². The van der Waals surface area contributed by atoms with Crippen LogP contribution in [0.5, 0.6) is 0 Å². The fourth-order valence-electron chi connectivity index (χ4n) is 2.05. The molecule has 0 bridgehead atoms. The lowest BCUT2D eigenvalue weighted by Gasteiger charge is -2.18. The second-order valence-corrected chi connectivity index (χ2v) is 8.42. The molecule has 1 atom stereocenters. The SMILES string of the molecule is CC(NCC1(C)CC1)c1ccc(S(=O)(=O)N(C)C)cc1. The lowest BCUT2D eigenvalue weighted by Crippen LogP contribution is -2.25. The maximum atomic E-state index is 12.0. The molecule has 20 heavy (non-hydrogen) atoms. The van der Waals surface area contributed by atoms with Crippen molar-refractivity contribution in [3.8, 4) is 0 Å². The highest BCUT2D eigenvalue weighted by atomic mass is 32.2. The van der Waals surface area contributed by atoms with Crippen molar-refractivity contribution in [1.29, 1.82) is 0 Å². The maximum Gasteiger partial charge on any atom is 0.242 e. The molecule has 0 amide bonds. The highest BCUT2D eigenvalue weighted by Gasteiger charge is 2.36. The van der Waals surface area contributed by atoms with Crippen LogP contribution in [-0.2, 0) is 10.0 Å². The molecule has 5 heteroatoms. The summed E-state index contributed by atoms with van der Waals surface area (Å²) in [4.78, 5) is 0.340. The van der Waals surface area contributed by atoms with Crippen molar-refractivity contribution in [3.05, 3.63) is 29.8 Å². The maximum absolute atomic E-state index is 12.0. The highest BCUT2D eigenvalue weighted by molar-refractivity contribution is 7.89. The average Bonchev–Trinajstić information content (AvgIpc) is 3.14. The van der Waals surface area contributed by atoms with Crippen molar-refractivity contribution in [2.75, 3.05) is 20.6 Å². The summed E-state index contributed by atoms with van der Waals surface area (Å²) in [5.41, 5.74) is 1.59. The smallest absolute Gasteiger partial charge is 0.242 e. The van der Waals surface area contributed by atoms with E-state index in [1.165, 1.54) is 17.1 Å². The molecule has 1 fully saturated rings.